The van der Waals surface area contributed by atoms with Crippen LogP contribution in [0, 0.1) is 0 Å². The number of hydrogen-bond acceptors (Lipinski definition) is 6. The van der Waals surface area contributed by atoms with Crippen LogP contribution in [0.2, 0.25) is 0 Å². The van der Waals surface area contributed by atoms with Crippen LogP contribution in [0.1, 0.15) is 17.3 Å². The largest absolute Gasteiger partial charge is 0.449 e. The molecule has 2 aromatic rings. The molecular weight excluding hydrogens is 358 g/mol. The fourth-order valence-corrected chi connectivity index (χ4v) is 2.91. The zero-order valence-electron chi connectivity index (χ0n) is 14.5. The van der Waals surface area contributed by atoms with Crippen molar-refractivity contribution in [2.45, 2.75) is 17.9 Å². The highest BCUT2D eigenvalue weighted by molar-refractivity contribution is 7.89. The Morgan fingerprint density at radius 2 is 1.81 bits per heavy atom. The molecule has 0 saturated heterocycles. The Kier molecular flexibility index (Phi) is 6.06. The highest BCUT2D eigenvalue weighted by Crippen LogP contribution is 2.18. The van der Waals surface area contributed by atoms with Crippen LogP contribution in [0.4, 0.5) is 5.69 Å². The number of anilines is 1. The summed E-state index contributed by atoms with van der Waals surface area (Å²) in [6.07, 6.45) is 1.82. The maximum absolute atomic E-state index is 12.2. The van der Waals surface area contributed by atoms with Crippen molar-refractivity contribution in [3.05, 3.63) is 54.4 Å². The standard InChI is InChI=1S/C17H19N3O5S/c1-12(25-17(22)13-7-9-18-10-8-13)16(21)19-14-5-4-6-15(11-14)26(23,24)20(2)3/h4-12H,1-3H3,(H,19,21)/t12-/m1/s1. The number of carbonyl (C=O) groups is 2. The third kappa shape index (κ3) is 4.64. The first kappa shape index (κ1) is 19.5. The van der Waals surface area contributed by atoms with E-state index in [0.717, 1.165) is 4.31 Å². The van der Waals surface area contributed by atoms with Crippen LogP contribution in [-0.4, -0.2) is 49.8 Å². The van der Waals surface area contributed by atoms with Gasteiger partial charge in [-0.1, -0.05) is 6.07 Å². The molecule has 1 aromatic heterocycles. The molecule has 1 N–H and O–H groups in total. The number of sulfonamides is 1. The number of nitrogens with one attached hydrogen (secondary N) is 1. The van der Waals surface area contributed by atoms with Crippen LogP contribution in [0.5, 0.6) is 0 Å². The predicted octanol–water partition coefficient (Wildman–Crippen LogP) is 1.52. The summed E-state index contributed by atoms with van der Waals surface area (Å²) in [6.45, 7) is 1.43. The topological polar surface area (TPSA) is 106 Å². The highest BCUT2D eigenvalue weighted by atomic mass is 32.2. The zero-order chi connectivity index (χ0) is 19.3. The third-order valence-electron chi connectivity index (χ3n) is 3.45. The SMILES string of the molecule is C[C@@H](OC(=O)c1ccncc1)C(=O)Nc1cccc(S(=O)(=O)N(C)C)c1. The Labute approximate surface area is 151 Å². The van der Waals surface area contributed by atoms with Crippen molar-refractivity contribution in [2.24, 2.45) is 0 Å². The van der Waals surface area contributed by atoms with Gasteiger partial charge in [0.05, 0.1) is 10.5 Å². The number of rotatable bonds is 6. The van der Waals surface area contributed by atoms with E-state index in [-0.39, 0.29) is 16.1 Å². The number of esters is 1. The smallest absolute Gasteiger partial charge is 0.339 e. The van der Waals surface area contributed by atoms with Gasteiger partial charge in [-0.15, -0.1) is 0 Å². The summed E-state index contributed by atoms with van der Waals surface area (Å²) in [5.74, 6) is -1.23. The van der Waals surface area contributed by atoms with Crippen LogP contribution in [0.15, 0.2) is 53.7 Å². The molecule has 1 amide bonds. The van der Waals surface area contributed by atoms with Gasteiger partial charge < -0.3 is 10.1 Å². The van der Waals surface area contributed by atoms with Crippen LogP contribution >= 0.6 is 0 Å². The van der Waals surface area contributed by atoms with Crippen LogP contribution < -0.4 is 5.32 Å². The van der Waals surface area contributed by atoms with E-state index < -0.39 is 28.0 Å². The Morgan fingerprint density at radius 1 is 1.15 bits per heavy atom. The van der Waals surface area contributed by atoms with Gasteiger partial charge in [0.1, 0.15) is 0 Å². The molecule has 0 saturated carbocycles. The van der Waals surface area contributed by atoms with Gasteiger partial charge in [-0.25, -0.2) is 17.5 Å². The molecule has 0 aliphatic heterocycles. The average Bonchev–Trinajstić information content (AvgIpc) is 2.62. The maximum Gasteiger partial charge on any atom is 0.339 e. The van der Waals surface area contributed by atoms with Crippen molar-refractivity contribution < 1.29 is 22.7 Å². The minimum absolute atomic E-state index is 0.0433. The molecule has 2 rings (SSSR count). The minimum Gasteiger partial charge on any atom is -0.449 e. The molecule has 0 aliphatic rings. The number of benzene rings is 1. The quantitative estimate of drug-likeness (QED) is 0.765. The number of nitrogens with zero attached hydrogens (tertiary/aromatic N) is 2. The Morgan fingerprint density at radius 3 is 2.42 bits per heavy atom. The van der Waals surface area contributed by atoms with E-state index in [1.807, 2.05) is 0 Å². The first-order valence-corrected chi connectivity index (χ1v) is 9.10. The van der Waals surface area contributed by atoms with Crippen molar-refractivity contribution in [3.63, 3.8) is 0 Å². The van der Waals surface area contributed by atoms with Gasteiger partial charge in [-0.05, 0) is 37.3 Å². The molecule has 0 bridgehead atoms. The molecular formula is C17H19N3O5S. The fourth-order valence-electron chi connectivity index (χ4n) is 1.96. The Bertz CT molecular complexity index is 898. The van der Waals surface area contributed by atoms with Gasteiger partial charge in [0.2, 0.25) is 10.0 Å². The van der Waals surface area contributed by atoms with Crippen LogP contribution in [0.3, 0.4) is 0 Å². The summed E-state index contributed by atoms with van der Waals surface area (Å²) in [5, 5.41) is 2.54. The second-order valence-electron chi connectivity index (χ2n) is 5.59. The van der Waals surface area contributed by atoms with E-state index in [1.165, 1.54) is 63.7 Å². The summed E-state index contributed by atoms with van der Waals surface area (Å²) in [4.78, 5) is 28.0. The molecule has 138 valence electrons. The van der Waals surface area contributed by atoms with Crippen molar-refractivity contribution >= 4 is 27.6 Å². The third-order valence-corrected chi connectivity index (χ3v) is 5.26. The molecule has 0 spiro atoms. The number of aromatic nitrogens is 1. The van der Waals surface area contributed by atoms with E-state index in [4.69, 9.17) is 4.74 Å². The first-order chi connectivity index (χ1) is 12.2. The molecule has 0 aliphatic carbocycles. The summed E-state index contributed by atoms with van der Waals surface area (Å²) >= 11 is 0. The minimum atomic E-state index is -3.62. The summed E-state index contributed by atoms with van der Waals surface area (Å²) in [7, 11) is -0.784. The van der Waals surface area contributed by atoms with Crippen molar-refractivity contribution in [1.82, 2.24) is 9.29 Å². The molecule has 26 heavy (non-hydrogen) atoms. The molecule has 8 nitrogen and oxygen atoms in total. The van der Waals surface area contributed by atoms with Crippen LogP contribution in [-0.2, 0) is 19.6 Å². The molecule has 1 atom stereocenters. The van der Waals surface area contributed by atoms with Crippen molar-refractivity contribution in [1.29, 1.82) is 0 Å². The second-order valence-corrected chi connectivity index (χ2v) is 7.74. The van der Waals surface area contributed by atoms with E-state index >= 15 is 0 Å². The van der Waals surface area contributed by atoms with E-state index in [0.29, 0.717) is 0 Å². The molecule has 1 heterocycles. The lowest BCUT2D eigenvalue weighted by atomic mass is 10.2. The van der Waals surface area contributed by atoms with Gasteiger partial charge in [0, 0.05) is 32.2 Å². The highest BCUT2D eigenvalue weighted by Gasteiger charge is 2.21. The first-order valence-electron chi connectivity index (χ1n) is 7.66. The molecule has 9 heteroatoms. The number of ether oxygens (including phenoxy) is 1. The van der Waals surface area contributed by atoms with Gasteiger partial charge >= 0.3 is 5.97 Å². The van der Waals surface area contributed by atoms with Crippen molar-refractivity contribution in [2.75, 3.05) is 19.4 Å². The van der Waals surface area contributed by atoms with Gasteiger partial charge in [0.25, 0.3) is 5.91 Å². The lowest BCUT2D eigenvalue weighted by Crippen LogP contribution is -2.30. The number of pyridine rings is 1. The van der Waals surface area contributed by atoms with Gasteiger partial charge in [-0.2, -0.15) is 0 Å². The lowest BCUT2D eigenvalue weighted by molar-refractivity contribution is -0.123. The average molecular weight is 377 g/mol. The predicted molar refractivity (Wildman–Crippen MR) is 95.1 cm³/mol. The molecule has 0 fully saturated rings. The number of amides is 1. The molecule has 1 aromatic carbocycles. The molecule has 0 unspecified atom stereocenters. The lowest BCUT2D eigenvalue weighted by Gasteiger charge is -2.15. The summed E-state index contributed by atoms with van der Waals surface area (Å²) in [6, 6.07) is 8.78. The number of hydrogen-bond donors (Lipinski definition) is 1. The van der Waals surface area contributed by atoms with Gasteiger partial charge in [-0.3, -0.25) is 9.78 Å². The zero-order valence-corrected chi connectivity index (χ0v) is 15.4. The fraction of sp³-hybridized carbons (Fsp3) is 0.235. The normalized spacial score (nSPS) is 12.5. The molecule has 0 radical (unpaired) electrons. The van der Waals surface area contributed by atoms with Crippen LogP contribution in [0.25, 0.3) is 0 Å². The Balaban J connectivity index is 2.06. The number of carbonyl (C=O) groups excluding carboxylic acids is 2. The van der Waals surface area contributed by atoms with Crippen molar-refractivity contribution in [3.8, 4) is 0 Å². The van der Waals surface area contributed by atoms with E-state index in [1.54, 1.807) is 6.07 Å². The monoisotopic (exact) mass is 377 g/mol. The van der Waals surface area contributed by atoms with E-state index in [2.05, 4.69) is 10.3 Å². The van der Waals surface area contributed by atoms with E-state index in [9.17, 15) is 18.0 Å². The Hall–Kier alpha value is -2.78. The maximum atomic E-state index is 12.2. The summed E-state index contributed by atoms with van der Waals surface area (Å²) in [5.41, 5.74) is 0.559. The van der Waals surface area contributed by atoms with Gasteiger partial charge in [0.15, 0.2) is 6.10 Å². The summed E-state index contributed by atoms with van der Waals surface area (Å²) < 4.78 is 30.5. The second kappa shape index (κ2) is 8.07.